The average molecular weight is 831 g/mol. The van der Waals surface area contributed by atoms with Crippen LogP contribution in [0.1, 0.15) is 50.3 Å². The van der Waals surface area contributed by atoms with E-state index in [0.717, 1.165) is 16.7 Å². The predicted octanol–water partition coefficient (Wildman–Crippen LogP) is 4.18. The summed E-state index contributed by atoms with van der Waals surface area (Å²) < 4.78 is 72.2. The Morgan fingerprint density at radius 3 is 0.950 bits per heavy atom. The molecule has 9 fully saturated rings. The van der Waals surface area contributed by atoms with Crippen LogP contribution in [0.5, 0.6) is 0 Å². The van der Waals surface area contributed by atoms with Gasteiger partial charge in [-0.15, -0.1) is 0 Å². The van der Waals surface area contributed by atoms with E-state index in [2.05, 4.69) is 0 Å². The van der Waals surface area contributed by atoms with Crippen LogP contribution in [0.3, 0.4) is 0 Å². The lowest BCUT2D eigenvalue weighted by molar-refractivity contribution is -0.476. The van der Waals surface area contributed by atoms with E-state index in [-0.39, 0.29) is 59.5 Å². The molecule has 9 heterocycles. The molecule has 320 valence electrons. The van der Waals surface area contributed by atoms with Crippen LogP contribution >= 0.6 is 0 Å². The number of rotatable bonds is 14. The zero-order valence-corrected chi connectivity index (χ0v) is 33.9. The van der Waals surface area contributed by atoms with Gasteiger partial charge in [-0.1, -0.05) is 91.0 Å². The maximum absolute atomic E-state index is 14.0. The second-order valence-corrected chi connectivity index (χ2v) is 16.8. The lowest BCUT2D eigenvalue weighted by Crippen LogP contribution is -2.66. The lowest BCUT2D eigenvalue weighted by Gasteiger charge is -2.53. The molecule has 9 aliphatic heterocycles. The molecule has 3 aromatic rings. The molecule has 0 spiro atoms. The van der Waals surface area contributed by atoms with Crippen molar-refractivity contribution >= 4 is 17.9 Å². The quantitative estimate of drug-likeness (QED) is 0.168. The summed E-state index contributed by atoms with van der Waals surface area (Å²) >= 11 is 0. The zero-order valence-electron chi connectivity index (χ0n) is 33.9. The largest absolute Gasteiger partial charge is 0.454 e. The van der Waals surface area contributed by atoms with E-state index in [1.165, 1.54) is 0 Å². The molecule has 15 nitrogen and oxygen atoms in total. The van der Waals surface area contributed by atoms with Crippen molar-refractivity contribution in [2.45, 2.75) is 86.1 Å². The van der Waals surface area contributed by atoms with Gasteiger partial charge in [-0.3, -0.25) is 14.4 Å². The Kier molecular flexibility index (Phi) is 10.9. The Hall–Kier alpha value is -4.29. The molecule has 0 N–H and O–H groups in total. The molecule has 3 unspecified atom stereocenters. The first kappa shape index (κ1) is 41.1. The number of fused-ring (bicyclic) bond motifs is 9. The zero-order chi connectivity index (χ0) is 41.6. The van der Waals surface area contributed by atoms with Crippen molar-refractivity contribution in [2.75, 3.05) is 59.5 Å². The van der Waals surface area contributed by atoms with Gasteiger partial charge in [0, 0.05) is 0 Å². The average Bonchev–Trinajstić information content (AvgIpc) is 3.31. The van der Waals surface area contributed by atoms with Gasteiger partial charge >= 0.3 is 35.8 Å². The third-order valence-corrected chi connectivity index (χ3v) is 12.7. The van der Waals surface area contributed by atoms with E-state index in [1.807, 2.05) is 91.0 Å². The van der Waals surface area contributed by atoms with Gasteiger partial charge in [-0.25, -0.2) is 0 Å². The Morgan fingerprint density at radius 1 is 0.433 bits per heavy atom. The monoisotopic (exact) mass is 830 g/mol. The predicted molar refractivity (Wildman–Crippen MR) is 206 cm³/mol. The molecule has 3 aromatic carbocycles. The minimum absolute atomic E-state index is 0.262. The lowest BCUT2D eigenvalue weighted by atomic mass is 9.81. The molecule has 0 amide bonds. The van der Waals surface area contributed by atoms with Crippen LogP contribution in [0.25, 0.3) is 0 Å². The summed E-state index contributed by atoms with van der Waals surface area (Å²) in [5, 5.41) is 0. The maximum atomic E-state index is 14.0. The Morgan fingerprint density at radius 2 is 0.683 bits per heavy atom. The van der Waals surface area contributed by atoms with E-state index < -0.39 is 89.1 Å². The highest BCUT2D eigenvalue weighted by molar-refractivity contribution is 5.84. The van der Waals surface area contributed by atoms with Crippen molar-refractivity contribution in [3.63, 3.8) is 0 Å². The number of carbonyl (C=O) groups excluding carboxylic acids is 3. The van der Waals surface area contributed by atoms with Crippen molar-refractivity contribution in [3.8, 4) is 0 Å². The van der Waals surface area contributed by atoms with Crippen molar-refractivity contribution in [3.05, 3.63) is 108 Å². The minimum atomic E-state index is -1.69. The van der Waals surface area contributed by atoms with Crippen molar-refractivity contribution in [1.82, 2.24) is 0 Å². The smallest absolute Gasteiger partial charge is 0.322 e. The summed E-state index contributed by atoms with van der Waals surface area (Å²) in [6.45, 7) is 7.19. The van der Waals surface area contributed by atoms with Gasteiger partial charge in [-0.05, 0) is 37.5 Å². The van der Waals surface area contributed by atoms with Gasteiger partial charge in [0.2, 0.25) is 0 Å². The minimum Gasteiger partial charge on any atom is -0.454 e. The maximum Gasteiger partial charge on any atom is 0.322 e. The van der Waals surface area contributed by atoms with Crippen LogP contribution in [0.4, 0.5) is 0 Å². The number of carbonyl (C=O) groups is 3. The molecule has 12 rings (SSSR count). The number of esters is 3. The topological polar surface area (TPSA) is 162 Å². The molecule has 0 radical (unpaired) electrons. The van der Waals surface area contributed by atoms with Gasteiger partial charge in [0.25, 0.3) is 0 Å². The van der Waals surface area contributed by atoms with Crippen molar-refractivity contribution < 1.29 is 71.2 Å². The molecule has 15 heteroatoms. The summed E-state index contributed by atoms with van der Waals surface area (Å²) in [7, 11) is 0. The highest BCUT2D eigenvalue weighted by Crippen LogP contribution is 2.46. The van der Waals surface area contributed by atoms with E-state index in [1.54, 1.807) is 20.8 Å². The van der Waals surface area contributed by atoms with Gasteiger partial charge < -0.3 is 56.8 Å². The number of benzene rings is 3. The van der Waals surface area contributed by atoms with Crippen LogP contribution < -0.4 is 0 Å². The molecule has 9 aliphatic rings. The molecule has 0 aromatic heterocycles. The Bertz CT molecular complexity index is 1850. The van der Waals surface area contributed by atoms with E-state index in [4.69, 9.17) is 56.8 Å². The normalized spacial score (nSPS) is 34.9. The third-order valence-electron chi connectivity index (χ3n) is 12.7. The van der Waals surface area contributed by atoms with Crippen LogP contribution in [0, 0.1) is 5.92 Å². The van der Waals surface area contributed by atoms with Crippen LogP contribution in [0.15, 0.2) is 91.0 Å². The fourth-order valence-corrected chi connectivity index (χ4v) is 8.70. The van der Waals surface area contributed by atoms with E-state index in [0.29, 0.717) is 0 Å². The Balaban J connectivity index is 0.856. The van der Waals surface area contributed by atoms with Crippen LogP contribution in [-0.4, -0.2) is 114 Å². The molecular weight excluding hydrogens is 780 g/mol. The molecular formula is C45H50O15. The van der Waals surface area contributed by atoms with Crippen molar-refractivity contribution in [2.24, 2.45) is 5.92 Å². The van der Waals surface area contributed by atoms with E-state index in [9.17, 15) is 14.4 Å². The number of ether oxygens (including phenoxy) is 12. The first-order valence-electron chi connectivity index (χ1n) is 20.4. The second kappa shape index (κ2) is 15.9. The SMILES string of the molecule is CC(OC(=O)CC(CC(=O)OC(C)C12OCC(c3ccccc3)(CO1)CO2)C(=O)OC(C)C12OCC(c3ccccc3)(CO1)CO2)C12OCC(c3ccccc3)(CO1)CO2. The molecule has 6 bridgehead atoms. The van der Waals surface area contributed by atoms with Gasteiger partial charge in [0.1, 0.15) is 0 Å². The highest BCUT2D eigenvalue weighted by Gasteiger charge is 2.60. The fraction of sp³-hybridized carbons (Fsp3) is 0.533. The van der Waals surface area contributed by atoms with Crippen LogP contribution in [0.2, 0.25) is 0 Å². The summed E-state index contributed by atoms with van der Waals surface area (Å²) in [4.78, 5) is 41.4. The third kappa shape index (κ3) is 7.33. The molecule has 0 saturated carbocycles. The fourth-order valence-electron chi connectivity index (χ4n) is 8.70. The molecule has 0 aliphatic carbocycles. The Labute approximate surface area is 347 Å². The number of hydrogen-bond donors (Lipinski definition) is 0. The van der Waals surface area contributed by atoms with Gasteiger partial charge in [-0.2, -0.15) is 0 Å². The standard InChI is InChI=1S/C45H50O15/c1-30(43-49-21-40(22-50-43,23-51-43)34-13-7-4-8-14-34)58-37(46)19-33(39(48)60-32(3)45-55-27-42(28-56-45,29-57-45)36-17-11-6-12-18-36)20-38(47)59-31(2)44-52-24-41(25-53-44,26-54-44)35-15-9-5-10-16-35/h4-18,30-33H,19-29H2,1-3H3. The first-order chi connectivity index (χ1) is 28.9. The molecule has 3 atom stereocenters. The summed E-state index contributed by atoms with van der Waals surface area (Å²) in [6.07, 6.45) is -4.32. The van der Waals surface area contributed by atoms with E-state index >= 15 is 0 Å². The molecule has 9 saturated heterocycles. The molecule has 60 heavy (non-hydrogen) atoms. The highest BCUT2D eigenvalue weighted by atomic mass is 16.9. The van der Waals surface area contributed by atoms with Crippen molar-refractivity contribution in [1.29, 1.82) is 0 Å². The summed E-state index contributed by atoms with van der Waals surface area (Å²) in [5.41, 5.74) is 1.48. The number of hydrogen-bond acceptors (Lipinski definition) is 15. The second-order valence-electron chi connectivity index (χ2n) is 16.8. The van der Waals surface area contributed by atoms with Crippen LogP contribution in [-0.2, 0) is 87.5 Å². The van der Waals surface area contributed by atoms with Gasteiger partial charge in [0.15, 0.2) is 18.3 Å². The summed E-state index contributed by atoms with van der Waals surface area (Å²) in [6, 6.07) is 29.3. The summed E-state index contributed by atoms with van der Waals surface area (Å²) in [5.74, 6) is -8.92. The first-order valence-corrected chi connectivity index (χ1v) is 20.4. The van der Waals surface area contributed by atoms with Gasteiger partial charge in [0.05, 0.1) is 94.5 Å².